The second kappa shape index (κ2) is 9.52. The van der Waals surface area contributed by atoms with Crippen molar-refractivity contribution in [2.45, 2.75) is 13.5 Å². The van der Waals surface area contributed by atoms with Gasteiger partial charge in [0.1, 0.15) is 0 Å². The lowest BCUT2D eigenvalue weighted by Gasteiger charge is -2.34. The van der Waals surface area contributed by atoms with Crippen LogP contribution in [0.15, 0.2) is 42.5 Å². The van der Waals surface area contributed by atoms with Crippen molar-refractivity contribution in [1.29, 1.82) is 0 Å². The molecule has 1 saturated heterocycles. The number of piperazine rings is 1. The maximum Gasteiger partial charge on any atom is 0.238 e. The lowest BCUT2D eigenvalue weighted by Crippen LogP contribution is -2.48. The van der Waals surface area contributed by atoms with Gasteiger partial charge >= 0.3 is 0 Å². The zero-order valence-corrected chi connectivity index (χ0v) is 17.3. The van der Waals surface area contributed by atoms with Gasteiger partial charge < -0.3 is 5.32 Å². The summed E-state index contributed by atoms with van der Waals surface area (Å²) < 4.78 is 0. The van der Waals surface area contributed by atoms with Gasteiger partial charge in [-0.15, -0.1) is 0 Å². The molecule has 1 amide bonds. The first-order chi connectivity index (χ1) is 13.4. The molecule has 1 aliphatic heterocycles. The van der Waals surface area contributed by atoms with Crippen LogP contribution in [0.4, 0.5) is 5.69 Å². The lowest BCUT2D eigenvalue weighted by molar-refractivity contribution is -0.117. The summed E-state index contributed by atoms with van der Waals surface area (Å²) in [7, 11) is 0. The van der Waals surface area contributed by atoms with E-state index in [1.807, 2.05) is 18.2 Å². The molecule has 148 valence electrons. The Morgan fingerprint density at radius 1 is 0.929 bits per heavy atom. The number of ketones is 1. The molecule has 0 saturated carbocycles. The van der Waals surface area contributed by atoms with Gasteiger partial charge in [0.15, 0.2) is 5.78 Å². The molecule has 7 heteroatoms. The van der Waals surface area contributed by atoms with Crippen molar-refractivity contribution in [2.75, 3.05) is 38.0 Å². The smallest absolute Gasteiger partial charge is 0.238 e. The summed E-state index contributed by atoms with van der Waals surface area (Å²) in [4.78, 5) is 28.0. The third-order valence-electron chi connectivity index (χ3n) is 4.85. The molecule has 28 heavy (non-hydrogen) atoms. The van der Waals surface area contributed by atoms with E-state index in [9.17, 15) is 9.59 Å². The molecule has 2 aromatic carbocycles. The number of hydrogen-bond acceptors (Lipinski definition) is 4. The minimum Gasteiger partial charge on any atom is -0.325 e. The summed E-state index contributed by atoms with van der Waals surface area (Å²) in [6.45, 7) is 5.88. The fourth-order valence-electron chi connectivity index (χ4n) is 3.20. The zero-order valence-electron chi connectivity index (χ0n) is 15.8. The molecule has 2 aromatic rings. The van der Waals surface area contributed by atoms with Crippen LogP contribution in [0.25, 0.3) is 0 Å². The standard InChI is InChI=1S/C21H23Cl2N3O2/c1-15(27)16-5-7-17(8-6-16)24-21(28)14-26-11-9-25(10-12-26)13-18-19(22)3-2-4-20(18)23/h2-8H,9-14H2,1H3,(H,24,28). The van der Waals surface area contributed by atoms with Crippen molar-refractivity contribution < 1.29 is 9.59 Å². The summed E-state index contributed by atoms with van der Waals surface area (Å²) in [5.41, 5.74) is 2.28. The summed E-state index contributed by atoms with van der Waals surface area (Å²) >= 11 is 12.5. The molecule has 1 fully saturated rings. The van der Waals surface area contributed by atoms with E-state index in [-0.39, 0.29) is 11.7 Å². The van der Waals surface area contributed by atoms with E-state index in [1.54, 1.807) is 24.3 Å². The molecular weight excluding hydrogens is 397 g/mol. The molecule has 5 nitrogen and oxygen atoms in total. The van der Waals surface area contributed by atoms with Crippen LogP contribution in [0, 0.1) is 0 Å². The molecule has 0 unspecified atom stereocenters. The van der Waals surface area contributed by atoms with E-state index in [4.69, 9.17) is 23.2 Å². The van der Waals surface area contributed by atoms with Crippen LogP contribution in [0.1, 0.15) is 22.8 Å². The fraction of sp³-hybridized carbons (Fsp3) is 0.333. The van der Waals surface area contributed by atoms with Gasteiger partial charge in [0, 0.05) is 59.6 Å². The molecular formula is C21H23Cl2N3O2. The Hall–Kier alpha value is -1.92. The van der Waals surface area contributed by atoms with Gasteiger partial charge in [-0.1, -0.05) is 29.3 Å². The van der Waals surface area contributed by atoms with Crippen molar-refractivity contribution in [3.05, 3.63) is 63.6 Å². The van der Waals surface area contributed by atoms with E-state index in [2.05, 4.69) is 15.1 Å². The van der Waals surface area contributed by atoms with Crippen LogP contribution in [-0.4, -0.2) is 54.2 Å². The lowest BCUT2D eigenvalue weighted by atomic mass is 10.1. The highest BCUT2D eigenvalue weighted by molar-refractivity contribution is 6.35. The van der Waals surface area contributed by atoms with Crippen molar-refractivity contribution in [1.82, 2.24) is 9.80 Å². The molecule has 1 heterocycles. The number of carbonyl (C=O) groups is 2. The SMILES string of the molecule is CC(=O)c1ccc(NC(=O)CN2CCN(Cc3c(Cl)cccc3Cl)CC2)cc1. The fourth-order valence-corrected chi connectivity index (χ4v) is 3.72. The molecule has 0 aromatic heterocycles. The second-order valence-electron chi connectivity index (χ2n) is 6.93. The largest absolute Gasteiger partial charge is 0.325 e. The number of halogens is 2. The molecule has 1 aliphatic rings. The predicted octanol–water partition coefficient (Wildman–Crippen LogP) is 3.95. The third kappa shape index (κ3) is 5.55. The van der Waals surface area contributed by atoms with Gasteiger partial charge in [-0.05, 0) is 43.3 Å². The first-order valence-corrected chi connectivity index (χ1v) is 9.96. The van der Waals surface area contributed by atoms with Gasteiger partial charge in [0.2, 0.25) is 5.91 Å². The van der Waals surface area contributed by atoms with E-state index in [0.29, 0.717) is 34.4 Å². The van der Waals surface area contributed by atoms with E-state index >= 15 is 0 Å². The molecule has 0 aliphatic carbocycles. The number of Topliss-reactive ketones (excluding diaryl/α,β-unsaturated/α-hetero) is 1. The average Bonchev–Trinajstić information content (AvgIpc) is 2.66. The Balaban J connectivity index is 1.46. The first kappa shape index (κ1) is 20.8. The number of carbonyl (C=O) groups excluding carboxylic acids is 2. The monoisotopic (exact) mass is 419 g/mol. The number of amides is 1. The summed E-state index contributed by atoms with van der Waals surface area (Å²) in [6, 6.07) is 12.5. The van der Waals surface area contributed by atoms with Gasteiger partial charge in [-0.25, -0.2) is 0 Å². The number of nitrogens with one attached hydrogen (secondary N) is 1. The van der Waals surface area contributed by atoms with Crippen LogP contribution in [0.2, 0.25) is 10.0 Å². The Morgan fingerprint density at radius 2 is 1.50 bits per heavy atom. The second-order valence-corrected chi connectivity index (χ2v) is 7.75. The topological polar surface area (TPSA) is 52.7 Å². The molecule has 0 spiro atoms. The summed E-state index contributed by atoms with van der Waals surface area (Å²) in [5.74, 6) is -0.0491. The first-order valence-electron chi connectivity index (χ1n) is 9.21. The average molecular weight is 420 g/mol. The van der Waals surface area contributed by atoms with Crippen LogP contribution < -0.4 is 5.32 Å². The van der Waals surface area contributed by atoms with Gasteiger partial charge in [-0.3, -0.25) is 19.4 Å². The molecule has 0 radical (unpaired) electrons. The van der Waals surface area contributed by atoms with Crippen molar-refractivity contribution in [2.24, 2.45) is 0 Å². The Kier molecular flexibility index (Phi) is 7.08. The molecule has 1 N–H and O–H groups in total. The highest BCUT2D eigenvalue weighted by atomic mass is 35.5. The van der Waals surface area contributed by atoms with Crippen LogP contribution in [-0.2, 0) is 11.3 Å². The van der Waals surface area contributed by atoms with Crippen LogP contribution >= 0.6 is 23.2 Å². The van der Waals surface area contributed by atoms with Crippen LogP contribution in [0.3, 0.4) is 0 Å². The van der Waals surface area contributed by atoms with E-state index in [0.717, 1.165) is 31.7 Å². The van der Waals surface area contributed by atoms with Gasteiger partial charge in [0.25, 0.3) is 0 Å². The highest BCUT2D eigenvalue weighted by Gasteiger charge is 2.20. The summed E-state index contributed by atoms with van der Waals surface area (Å²) in [6.07, 6.45) is 0. The minimum absolute atomic E-state index is 0.00817. The maximum absolute atomic E-state index is 12.3. The summed E-state index contributed by atoms with van der Waals surface area (Å²) in [5, 5.41) is 4.25. The number of anilines is 1. The van der Waals surface area contributed by atoms with Gasteiger partial charge in [-0.2, -0.15) is 0 Å². The van der Waals surface area contributed by atoms with E-state index in [1.165, 1.54) is 6.92 Å². The number of benzene rings is 2. The zero-order chi connectivity index (χ0) is 20.1. The predicted molar refractivity (Wildman–Crippen MR) is 113 cm³/mol. The van der Waals surface area contributed by atoms with Crippen LogP contribution in [0.5, 0.6) is 0 Å². The van der Waals surface area contributed by atoms with E-state index < -0.39 is 0 Å². The van der Waals surface area contributed by atoms with Crippen molar-refractivity contribution in [3.63, 3.8) is 0 Å². The molecule has 0 atom stereocenters. The minimum atomic E-state index is -0.0572. The third-order valence-corrected chi connectivity index (χ3v) is 5.56. The Bertz CT molecular complexity index is 827. The Labute approximate surface area is 175 Å². The normalized spacial score (nSPS) is 15.4. The molecule has 3 rings (SSSR count). The van der Waals surface area contributed by atoms with Gasteiger partial charge in [0.05, 0.1) is 6.54 Å². The van der Waals surface area contributed by atoms with Crippen molar-refractivity contribution in [3.8, 4) is 0 Å². The van der Waals surface area contributed by atoms with Crippen molar-refractivity contribution >= 4 is 40.6 Å². The maximum atomic E-state index is 12.3. The number of rotatable bonds is 6. The Morgan fingerprint density at radius 3 is 2.07 bits per heavy atom. The quantitative estimate of drug-likeness (QED) is 0.720. The number of hydrogen-bond donors (Lipinski definition) is 1. The highest BCUT2D eigenvalue weighted by Crippen LogP contribution is 2.26. The number of nitrogens with zero attached hydrogens (tertiary/aromatic N) is 2. The molecule has 0 bridgehead atoms.